The fourth-order valence-corrected chi connectivity index (χ4v) is 12.0. The fraction of sp³-hybridized carbons (Fsp3) is 0.757. The van der Waals surface area contributed by atoms with Crippen LogP contribution in [-0.2, 0) is 40.1 Å². The average molecular weight is 1100 g/mol. The number of unbranched alkanes of at least 4 members (excludes halogenated alkanes) is 33. The zero-order valence-corrected chi connectivity index (χ0v) is 53.8. The molecule has 0 bridgehead atoms. The topological polar surface area (TPSA) is 36.4 Å². The van der Waals surface area contributed by atoms with E-state index in [0.717, 1.165) is 56.9 Å². The number of hydrogen-bond acceptors (Lipinski definition) is 0. The van der Waals surface area contributed by atoms with E-state index in [-0.39, 0.29) is 0 Å². The van der Waals surface area contributed by atoms with E-state index < -0.39 is 0 Å². The standard InChI is InChI=1S/C48H74N2.2C13H27.Ni/c1-7-13-19-20-21-22-23-26-32-47(44(39-50-49)31-18-12-6)48(45-35-40(27-16-10-4)33-41(36-45)28-17-11-5)46-37-42(29-24-14-8-2)34-43(38-46)30-25-15-9-3;2*1-3-5-7-9-11-13-12-10-8-6-4-2;/h26,32-38H,7-25,27-31H2,1-6H3;2*1,3-13H2,2H3;. The molecule has 2 aromatic carbocycles. The zero-order chi connectivity index (χ0) is 55.9. The number of allylic oxidation sites excluding steroid dienone is 4. The summed E-state index contributed by atoms with van der Waals surface area (Å²) in [6, 6.07) is 14.9. The summed E-state index contributed by atoms with van der Waals surface area (Å²) in [5.74, 6) is 3.11. The van der Waals surface area contributed by atoms with Crippen molar-refractivity contribution in [3.05, 3.63) is 98.6 Å². The Hall–Kier alpha value is -2.43. The Balaban J connectivity index is 0.000000927. The summed E-state index contributed by atoms with van der Waals surface area (Å²) in [6.45, 7) is 18.3. The van der Waals surface area contributed by atoms with Gasteiger partial charge in [-0.2, -0.15) is 0 Å². The van der Waals surface area contributed by atoms with Crippen molar-refractivity contribution in [1.29, 1.82) is 0 Å². The van der Waals surface area contributed by atoms with Gasteiger partial charge in [0.2, 0.25) is 0 Å². The molecule has 0 unspecified atom stereocenters. The van der Waals surface area contributed by atoms with Crippen LogP contribution in [-0.4, -0.2) is 10.7 Å². The maximum absolute atomic E-state index is 9.98. The van der Waals surface area contributed by atoms with E-state index >= 15 is 0 Å². The van der Waals surface area contributed by atoms with E-state index in [1.165, 1.54) is 299 Å². The summed E-state index contributed by atoms with van der Waals surface area (Å²) in [4.78, 5) is 3.56. The van der Waals surface area contributed by atoms with Crippen molar-refractivity contribution in [2.45, 2.75) is 362 Å². The van der Waals surface area contributed by atoms with Gasteiger partial charge >= 0.3 is 172 Å². The van der Waals surface area contributed by atoms with Crippen molar-refractivity contribution in [3.8, 4) is 0 Å². The third-order valence-electron chi connectivity index (χ3n) is 15.7. The van der Waals surface area contributed by atoms with Gasteiger partial charge in [0.25, 0.3) is 0 Å². The Bertz CT molecular complexity index is 1710. The van der Waals surface area contributed by atoms with Gasteiger partial charge < -0.3 is 5.53 Å². The second kappa shape index (κ2) is 55.5. The molecule has 0 saturated carbocycles. The third kappa shape index (κ3) is 40.4. The third-order valence-corrected chi connectivity index (χ3v) is 17.1. The quantitative estimate of drug-likeness (QED) is 0.0158. The second-order valence-corrected chi connectivity index (χ2v) is 24.8. The summed E-state index contributed by atoms with van der Waals surface area (Å²) < 4.78 is 0. The Labute approximate surface area is 488 Å². The molecule has 2 nitrogen and oxygen atoms in total. The first-order chi connectivity index (χ1) is 38.0. The molecule has 0 aliphatic heterocycles. The predicted molar refractivity (Wildman–Crippen MR) is 344 cm³/mol. The van der Waals surface area contributed by atoms with Crippen LogP contribution >= 0.6 is 0 Å². The number of benzene rings is 2. The van der Waals surface area contributed by atoms with Gasteiger partial charge in [0.15, 0.2) is 0 Å². The van der Waals surface area contributed by atoms with Crippen LogP contribution in [0.4, 0.5) is 0 Å². The second-order valence-electron chi connectivity index (χ2n) is 23.3. The van der Waals surface area contributed by atoms with E-state index in [1.54, 1.807) is 0 Å². The molecule has 0 radical (unpaired) electrons. The molecule has 0 aliphatic carbocycles. The van der Waals surface area contributed by atoms with E-state index in [2.05, 4.69) is 115 Å². The first-order valence-electron chi connectivity index (χ1n) is 34.0. The SMILES string of the molecule is CCCCCCCCC=CC(C(=C=[N+]=[N-])CCCC)=C(c1cc(CCCC)cc(CCCC)c1)c1cc(CCCCC)cc(CCCCC)c1.CCCCCCCCCCCC[CH2][Ni][CH2]CCCCCCCCCCCC. The molecular formula is C74H128N2Ni. The Morgan fingerprint density at radius 1 is 0.377 bits per heavy atom. The summed E-state index contributed by atoms with van der Waals surface area (Å²) in [5, 5.41) is 2.86. The molecule has 0 aromatic heterocycles. The number of rotatable bonds is 52. The van der Waals surface area contributed by atoms with Crippen LogP contribution < -0.4 is 0 Å². The van der Waals surface area contributed by atoms with Crippen LogP contribution in [0.15, 0.2) is 59.7 Å². The van der Waals surface area contributed by atoms with Gasteiger partial charge in [0.05, 0.1) is 5.57 Å². The monoisotopic (exact) mass is 1100 g/mol. The molecule has 0 spiro atoms. The van der Waals surface area contributed by atoms with Crippen LogP contribution in [0.2, 0.25) is 10.8 Å². The van der Waals surface area contributed by atoms with E-state index in [9.17, 15) is 5.53 Å². The van der Waals surface area contributed by atoms with Gasteiger partial charge in [-0.3, -0.25) is 0 Å². The van der Waals surface area contributed by atoms with Crippen LogP contribution in [0.25, 0.3) is 11.1 Å². The Morgan fingerprint density at radius 2 is 0.688 bits per heavy atom. The molecular weight excluding hydrogens is 976 g/mol. The number of nitrogens with zero attached hydrogens (tertiary/aromatic N) is 2. The average Bonchev–Trinajstić information content (AvgIpc) is 3.44. The molecule has 0 N–H and O–H groups in total. The molecule has 2 rings (SSSR count). The van der Waals surface area contributed by atoms with Crippen LogP contribution in [0.3, 0.4) is 0 Å². The van der Waals surface area contributed by atoms with E-state index in [4.69, 9.17) is 0 Å². The summed E-state index contributed by atoms with van der Waals surface area (Å²) in [7, 11) is 0. The summed E-state index contributed by atoms with van der Waals surface area (Å²) in [5.41, 5.74) is 21.9. The van der Waals surface area contributed by atoms with Gasteiger partial charge in [-0.15, -0.1) is 4.79 Å². The molecule has 0 fully saturated rings. The molecule has 77 heavy (non-hydrogen) atoms. The number of aryl methyl sites for hydroxylation is 4. The minimum Gasteiger partial charge on any atom is -0.0654 e. The van der Waals surface area contributed by atoms with Gasteiger partial charge in [-0.25, -0.2) is 0 Å². The van der Waals surface area contributed by atoms with Crippen molar-refractivity contribution in [2.75, 3.05) is 0 Å². The number of hydrogen-bond donors (Lipinski definition) is 0. The molecule has 0 atom stereocenters. The molecule has 3 heteroatoms. The van der Waals surface area contributed by atoms with Gasteiger partial charge in [-0.1, -0.05) is 181 Å². The first-order valence-corrected chi connectivity index (χ1v) is 35.4. The molecule has 0 aliphatic rings. The van der Waals surface area contributed by atoms with Crippen molar-refractivity contribution < 1.29 is 19.2 Å². The van der Waals surface area contributed by atoms with Gasteiger partial charge in [-0.05, 0) is 116 Å². The Morgan fingerprint density at radius 3 is 1.04 bits per heavy atom. The van der Waals surface area contributed by atoms with Crippen molar-refractivity contribution in [3.63, 3.8) is 0 Å². The minimum absolute atomic E-state index is 0.846. The molecule has 0 amide bonds. The van der Waals surface area contributed by atoms with Crippen LogP contribution in [0.1, 0.15) is 358 Å². The molecule has 0 saturated heterocycles. The van der Waals surface area contributed by atoms with Crippen LogP contribution in [0, 0.1) is 0 Å². The smallest absolute Gasteiger partial charge is 0.0654 e. The van der Waals surface area contributed by atoms with Gasteiger partial charge in [0, 0.05) is 5.57 Å². The van der Waals surface area contributed by atoms with Crippen molar-refractivity contribution in [1.82, 2.24) is 0 Å². The van der Waals surface area contributed by atoms with Crippen molar-refractivity contribution in [2.24, 2.45) is 0 Å². The normalized spacial score (nSPS) is 11.7. The predicted octanol–water partition coefficient (Wildman–Crippen LogP) is 25.5. The zero-order valence-electron chi connectivity index (χ0n) is 52.8. The summed E-state index contributed by atoms with van der Waals surface area (Å²) >= 11 is 2.03. The van der Waals surface area contributed by atoms with E-state index in [1.807, 2.05) is 14.4 Å². The molecule has 0 heterocycles. The fourth-order valence-electron chi connectivity index (χ4n) is 10.8. The first kappa shape index (κ1) is 72.6. The molecule has 2 aromatic rings. The Kier molecular flexibility index (Phi) is 52.3. The van der Waals surface area contributed by atoms with Crippen LogP contribution in [0.5, 0.6) is 0 Å². The van der Waals surface area contributed by atoms with Crippen molar-refractivity contribution >= 4 is 11.4 Å². The van der Waals surface area contributed by atoms with E-state index in [0.29, 0.717) is 0 Å². The minimum atomic E-state index is 0.846. The summed E-state index contributed by atoms with van der Waals surface area (Å²) in [6.07, 6.45) is 65.6. The molecule has 444 valence electrons. The van der Waals surface area contributed by atoms with Gasteiger partial charge in [0.1, 0.15) is 0 Å². The maximum atomic E-state index is 9.98.